The van der Waals surface area contributed by atoms with Crippen LogP contribution in [0.3, 0.4) is 0 Å². The van der Waals surface area contributed by atoms with Gasteiger partial charge in [0, 0.05) is 12.3 Å². The number of aromatic nitrogens is 1. The summed E-state index contributed by atoms with van der Waals surface area (Å²) in [5.41, 5.74) is 4.82. The van der Waals surface area contributed by atoms with Crippen molar-refractivity contribution in [1.82, 2.24) is 4.98 Å². The first-order valence-electron chi connectivity index (χ1n) is 4.43. The molecule has 0 amide bonds. The quantitative estimate of drug-likeness (QED) is 0.716. The molecule has 0 spiro atoms. The minimum Gasteiger partial charge on any atom is -0.420 e. The lowest BCUT2D eigenvalue weighted by molar-refractivity contribution is -0.126. The SMILES string of the molecule is NC1=CC(C(=O)Oc2cccnc2)=NS1(=O)=O. The molecule has 1 aliphatic rings. The Balaban J connectivity index is 2.20. The molecule has 0 aromatic carbocycles. The molecule has 2 N–H and O–H groups in total. The van der Waals surface area contributed by atoms with Gasteiger partial charge in [0.05, 0.1) is 6.20 Å². The first kappa shape index (κ1) is 11.3. The van der Waals surface area contributed by atoms with Crippen LogP contribution >= 0.6 is 0 Å². The van der Waals surface area contributed by atoms with Gasteiger partial charge in [-0.05, 0) is 12.1 Å². The number of sulfonamides is 1. The van der Waals surface area contributed by atoms with E-state index in [-0.39, 0.29) is 11.5 Å². The maximum atomic E-state index is 11.5. The van der Waals surface area contributed by atoms with Gasteiger partial charge < -0.3 is 10.5 Å². The van der Waals surface area contributed by atoms with Gasteiger partial charge in [-0.25, -0.2) is 4.79 Å². The average molecular weight is 253 g/mol. The smallest absolute Gasteiger partial charge is 0.363 e. The lowest BCUT2D eigenvalue weighted by Crippen LogP contribution is -2.17. The summed E-state index contributed by atoms with van der Waals surface area (Å²) >= 11 is 0. The molecule has 0 unspecified atom stereocenters. The number of rotatable bonds is 2. The summed E-state index contributed by atoms with van der Waals surface area (Å²) in [7, 11) is -3.90. The maximum absolute atomic E-state index is 11.5. The average Bonchev–Trinajstić information content (AvgIpc) is 2.55. The Morgan fingerprint density at radius 3 is 2.71 bits per heavy atom. The van der Waals surface area contributed by atoms with Crippen molar-refractivity contribution in [2.24, 2.45) is 10.1 Å². The maximum Gasteiger partial charge on any atom is 0.363 e. The normalized spacial score (nSPS) is 17.2. The fraction of sp³-hybridized carbons (Fsp3) is 0. The van der Waals surface area contributed by atoms with Gasteiger partial charge in [-0.2, -0.15) is 12.8 Å². The third kappa shape index (κ3) is 2.31. The van der Waals surface area contributed by atoms with Gasteiger partial charge in [-0.1, -0.05) is 0 Å². The minimum absolute atomic E-state index is 0.191. The molecule has 1 aliphatic heterocycles. The van der Waals surface area contributed by atoms with Crippen LogP contribution in [0.4, 0.5) is 0 Å². The zero-order chi connectivity index (χ0) is 12.5. The molecule has 0 bridgehead atoms. The Bertz CT molecular complexity index is 619. The summed E-state index contributed by atoms with van der Waals surface area (Å²) in [6.45, 7) is 0. The summed E-state index contributed by atoms with van der Waals surface area (Å²) in [4.78, 5) is 15.2. The predicted molar refractivity (Wildman–Crippen MR) is 58.5 cm³/mol. The van der Waals surface area contributed by atoms with Crippen LogP contribution in [0.1, 0.15) is 0 Å². The number of carbonyl (C=O) groups is 1. The van der Waals surface area contributed by atoms with Gasteiger partial charge in [0.15, 0.2) is 10.7 Å². The zero-order valence-corrected chi connectivity index (χ0v) is 9.22. The van der Waals surface area contributed by atoms with Gasteiger partial charge in [0.25, 0.3) is 10.0 Å². The third-order valence-corrected chi connectivity index (χ3v) is 3.00. The van der Waals surface area contributed by atoms with Gasteiger partial charge in [-0.3, -0.25) is 4.98 Å². The van der Waals surface area contributed by atoms with Crippen molar-refractivity contribution in [3.05, 3.63) is 35.6 Å². The predicted octanol–water partition coefficient (Wildman–Crippen LogP) is -0.429. The Hall–Kier alpha value is -2.22. The van der Waals surface area contributed by atoms with Crippen LogP contribution in [0.5, 0.6) is 5.75 Å². The van der Waals surface area contributed by atoms with Gasteiger partial charge in [-0.15, -0.1) is 0 Å². The Labute approximate surface area is 96.7 Å². The molecule has 0 saturated carbocycles. The van der Waals surface area contributed by atoms with E-state index in [2.05, 4.69) is 9.38 Å². The van der Waals surface area contributed by atoms with E-state index in [4.69, 9.17) is 10.5 Å². The van der Waals surface area contributed by atoms with Gasteiger partial charge in [0.1, 0.15) is 5.75 Å². The highest BCUT2D eigenvalue weighted by Crippen LogP contribution is 2.14. The van der Waals surface area contributed by atoms with Crippen LogP contribution in [0, 0.1) is 0 Å². The van der Waals surface area contributed by atoms with Gasteiger partial charge >= 0.3 is 5.97 Å². The summed E-state index contributed by atoms with van der Waals surface area (Å²) in [6.07, 6.45) is 3.77. The van der Waals surface area contributed by atoms with Crippen LogP contribution in [0.25, 0.3) is 0 Å². The number of hydrogen-bond acceptors (Lipinski definition) is 6. The lowest BCUT2D eigenvalue weighted by atomic mass is 10.3. The van der Waals surface area contributed by atoms with Crippen molar-refractivity contribution < 1.29 is 17.9 Å². The topological polar surface area (TPSA) is 112 Å². The van der Waals surface area contributed by atoms with Crippen LogP contribution in [0.2, 0.25) is 0 Å². The van der Waals surface area contributed by atoms with Crippen molar-refractivity contribution in [3.8, 4) is 5.75 Å². The first-order chi connectivity index (χ1) is 7.99. The summed E-state index contributed by atoms with van der Waals surface area (Å²) in [5, 5.41) is -0.476. The molecule has 0 fully saturated rings. The molecular formula is C9H7N3O4S. The highest BCUT2D eigenvalue weighted by Gasteiger charge is 2.27. The second-order valence-corrected chi connectivity index (χ2v) is 4.68. The van der Waals surface area contributed by atoms with E-state index in [0.29, 0.717) is 0 Å². The third-order valence-electron chi connectivity index (χ3n) is 1.85. The van der Waals surface area contributed by atoms with Crippen LogP contribution in [0.15, 0.2) is 40.0 Å². The Morgan fingerprint density at radius 2 is 2.18 bits per heavy atom. The number of carbonyl (C=O) groups excluding carboxylic acids is 1. The first-order valence-corrected chi connectivity index (χ1v) is 5.87. The molecule has 2 heterocycles. The largest absolute Gasteiger partial charge is 0.420 e. The van der Waals surface area contributed by atoms with Crippen LogP contribution < -0.4 is 10.5 Å². The highest BCUT2D eigenvalue weighted by atomic mass is 32.2. The van der Waals surface area contributed by atoms with Crippen molar-refractivity contribution in [2.45, 2.75) is 0 Å². The summed E-state index contributed by atoms with van der Waals surface area (Å²) in [6, 6.07) is 3.07. The second-order valence-electron chi connectivity index (χ2n) is 3.08. The molecule has 7 nitrogen and oxygen atoms in total. The molecule has 1 aromatic rings. The lowest BCUT2D eigenvalue weighted by Gasteiger charge is -2.00. The molecule has 2 rings (SSSR count). The molecule has 0 atom stereocenters. The van der Waals surface area contributed by atoms with Crippen LogP contribution in [-0.2, 0) is 14.8 Å². The van der Waals surface area contributed by atoms with E-state index in [1.54, 1.807) is 6.07 Å². The minimum atomic E-state index is -3.90. The second kappa shape index (κ2) is 3.98. The summed E-state index contributed by atoms with van der Waals surface area (Å²) in [5.74, 6) is -0.710. The van der Waals surface area contributed by atoms with E-state index in [9.17, 15) is 13.2 Å². The number of nitrogens with zero attached hydrogens (tertiary/aromatic N) is 2. The Kier molecular flexibility index (Phi) is 2.64. The van der Waals surface area contributed by atoms with Crippen LogP contribution in [-0.4, -0.2) is 25.1 Å². The molecule has 88 valence electrons. The molecule has 8 heteroatoms. The monoisotopic (exact) mass is 253 g/mol. The molecule has 17 heavy (non-hydrogen) atoms. The number of nitrogens with two attached hydrogens (primary N) is 1. The van der Waals surface area contributed by atoms with Crippen molar-refractivity contribution in [1.29, 1.82) is 0 Å². The fourth-order valence-electron chi connectivity index (χ4n) is 1.08. The molecular weight excluding hydrogens is 246 g/mol. The molecule has 1 aromatic heterocycles. The number of hydrogen-bond donors (Lipinski definition) is 1. The van der Waals surface area contributed by atoms with E-state index >= 15 is 0 Å². The van der Waals surface area contributed by atoms with E-state index < -0.39 is 21.0 Å². The molecule has 0 aliphatic carbocycles. The summed E-state index contributed by atoms with van der Waals surface area (Å²) < 4.78 is 30.3. The van der Waals surface area contributed by atoms with Crippen molar-refractivity contribution in [3.63, 3.8) is 0 Å². The number of ether oxygens (including phenoxy) is 1. The van der Waals surface area contributed by atoms with E-state index in [1.165, 1.54) is 18.5 Å². The standard InChI is InChI=1S/C9H7N3O4S/c10-8-4-7(12-17(8,14)15)9(13)16-6-2-1-3-11-5-6/h1-5H,10H2. The number of pyridine rings is 1. The molecule has 0 radical (unpaired) electrons. The van der Waals surface area contributed by atoms with Crippen molar-refractivity contribution >= 4 is 21.7 Å². The van der Waals surface area contributed by atoms with Crippen molar-refractivity contribution in [2.75, 3.05) is 0 Å². The zero-order valence-electron chi connectivity index (χ0n) is 8.40. The van der Waals surface area contributed by atoms with E-state index in [0.717, 1.165) is 6.08 Å². The van der Waals surface area contributed by atoms with Gasteiger partial charge in [0.2, 0.25) is 0 Å². The Morgan fingerprint density at radius 1 is 1.41 bits per heavy atom. The number of esters is 1. The van der Waals surface area contributed by atoms with E-state index in [1.807, 2.05) is 0 Å². The molecule has 0 saturated heterocycles. The fourth-order valence-corrected chi connectivity index (χ4v) is 1.83. The highest BCUT2D eigenvalue weighted by molar-refractivity contribution is 7.94.